The molecule has 0 saturated heterocycles. The van der Waals surface area contributed by atoms with Crippen LogP contribution in [0.15, 0.2) is 28.4 Å². The van der Waals surface area contributed by atoms with E-state index in [0.717, 1.165) is 18.7 Å². The maximum Gasteiger partial charge on any atom is 0.0795 e. The van der Waals surface area contributed by atoms with Gasteiger partial charge in [0.05, 0.1) is 11.2 Å². The molecule has 0 aliphatic carbocycles. The van der Waals surface area contributed by atoms with Gasteiger partial charge in [-0.1, -0.05) is 6.07 Å². The SMILES string of the molecule is CC(NCCc1cccs1)c1cscn1. The third-order valence-corrected chi connectivity index (χ3v) is 3.84. The zero-order valence-corrected chi connectivity index (χ0v) is 10.3. The first-order valence-corrected chi connectivity index (χ1v) is 6.82. The molecule has 0 aromatic carbocycles. The summed E-state index contributed by atoms with van der Waals surface area (Å²) in [7, 11) is 0. The van der Waals surface area contributed by atoms with Crippen molar-refractivity contribution >= 4 is 22.7 Å². The highest BCUT2D eigenvalue weighted by Crippen LogP contribution is 2.12. The molecule has 1 atom stereocenters. The highest BCUT2D eigenvalue weighted by atomic mass is 32.1. The molecule has 0 aliphatic rings. The van der Waals surface area contributed by atoms with E-state index in [2.05, 4.69) is 40.1 Å². The third-order valence-electron chi connectivity index (χ3n) is 2.30. The molecule has 2 nitrogen and oxygen atoms in total. The van der Waals surface area contributed by atoms with Gasteiger partial charge in [0.25, 0.3) is 0 Å². The van der Waals surface area contributed by atoms with Crippen molar-refractivity contribution in [2.24, 2.45) is 0 Å². The molecular weight excluding hydrogens is 224 g/mol. The molecule has 2 aromatic rings. The summed E-state index contributed by atoms with van der Waals surface area (Å²) in [5.74, 6) is 0. The van der Waals surface area contributed by atoms with Crippen molar-refractivity contribution in [3.8, 4) is 0 Å². The van der Waals surface area contributed by atoms with Crippen molar-refractivity contribution in [2.75, 3.05) is 6.54 Å². The van der Waals surface area contributed by atoms with Gasteiger partial charge in [-0.25, -0.2) is 4.98 Å². The van der Waals surface area contributed by atoms with E-state index in [0.29, 0.717) is 6.04 Å². The number of hydrogen-bond donors (Lipinski definition) is 1. The zero-order valence-electron chi connectivity index (χ0n) is 8.64. The Balaban J connectivity index is 1.74. The highest BCUT2D eigenvalue weighted by molar-refractivity contribution is 7.09. The fourth-order valence-electron chi connectivity index (χ4n) is 1.41. The molecule has 15 heavy (non-hydrogen) atoms. The van der Waals surface area contributed by atoms with Crippen LogP contribution in [0.3, 0.4) is 0 Å². The average molecular weight is 238 g/mol. The molecule has 0 aliphatic heterocycles. The minimum absolute atomic E-state index is 0.358. The van der Waals surface area contributed by atoms with Crippen LogP contribution >= 0.6 is 22.7 Å². The molecule has 0 radical (unpaired) electrons. The first kappa shape index (κ1) is 10.8. The normalized spacial score (nSPS) is 12.9. The number of nitrogens with one attached hydrogen (secondary N) is 1. The summed E-state index contributed by atoms with van der Waals surface area (Å²) in [6.45, 7) is 3.17. The second-order valence-electron chi connectivity index (χ2n) is 3.42. The fourth-order valence-corrected chi connectivity index (χ4v) is 2.76. The Kier molecular flexibility index (Phi) is 3.88. The van der Waals surface area contributed by atoms with Gasteiger partial charge < -0.3 is 5.32 Å². The Bertz CT molecular complexity index is 367. The van der Waals surface area contributed by atoms with E-state index >= 15 is 0 Å². The summed E-state index contributed by atoms with van der Waals surface area (Å²) in [4.78, 5) is 5.73. The second kappa shape index (κ2) is 5.39. The summed E-state index contributed by atoms with van der Waals surface area (Å²) in [6, 6.07) is 4.64. The molecule has 1 unspecified atom stereocenters. The van der Waals surface area contributed by atoms with E-state index in [-0.39, 0.29) is 0 Å². The third kappa shape index (κ3) is 3.12. The molecule has 1 N–H and O–H groups in total. The Hall–Kier alpha value is -0.710. The van der Waals surface area contributed by atoms with Crippen LogP contribution in [0.4, 0.5) is 0 Å². The number of thiazole rings is 1. The van der Waals surface area contributed by atoms with Crippen LogP contribution in [0, 0.1) is 0 Å². The molecule has 2 heterocycles. The molecule has 0 spiro atoms. The number of thiophene rings is 1. The molecular formula is C11H14N2S2. The van der Waals surface area contributed by atoms with Gasteiger partial charge in [0.1, 0.15) is 0 Å². The van der Waals surface area contributed by atoms with Gasteiger partial charge in [0.15, 0.2) is 0 Å². The van der Waals surface area contributed by atoms with Gasteiger partial charge >= 0.3 is 0 Å². The van der Waals surface area contributed by atoms with Crippen LogP contribution in [0.5, 0.6) is 0 Å². The maximum atomic E-state index is 4.29. The summed E-state index contributed by atoms with van der Waals surface area (Å²) in [6.07, 6.45) is 1.10. The van der Waals surface area contributed by atoms with E-state index in [1.165, 1.54) is 4.88 Å². The van der Waals surface area contributed by atoms with Crippen LogP contribution in [-0.2, 0) is 6.42 Å². The standard InChI is InChI=1S/C11H14N2S2/c1-9(11-7-14-8-13-11)12-5-4-10-3-2-6-15-10/h2-3,6-9,12H,4-5H2,1H3. The van der Waals surface area contributed by atoms with Crippen molar-refractivity contribution < 1.29 is 0 Å². The lowest BCUT2D eigenvalue weighted by Crippen LogP contribution is -2.21. The molecule has 2 rings (SSSR count). The largest absolute Gasteiger partial charge is 0.308 e. The smallest absolute Gasteiger partial charge is 0.0795 e. The van der Waals surface area contributed by atoms with Gasteiger partial charge in [-0.3, -0.25) is 0 Å². The van der Waals surface area contributed by atoms with Crippen LogP contribution in [0.2, 0.25) is 0 Å². The Labute approximate surface area is 98.0 Å². The molecule has 4 heteroatoms. The van der Waals surface area contributed by atoms with Crippen molar-refractivity contribution in [3.63, 3.8) is 0 Å². The predicted octanol–water partition coefficient (Wildman–Crippen LogP) is 3.10. The van der Waals surface area contributed by atoms with E-state index in [1.54, 1.807) is 11.3 Å². The van der Waals surface area contributed by atoms with Crippen molar-refractivity contribution in [1.82, 2.24) is 10.3 Å². The van der Waals surface area contributed by atoms with Gasteiger partial charge in [-0.05, 0) is 24.8 Å². The molecule has 2 aromatic heterocycles. The topological polar surface area (TPSA) is 24.9 Å². The quantitative estimate of drug-likeness (QED) is 0.866. The number of rotatable bonds is 5. The molecule has 0 fully saturated rings. The second-order valence-corrected chi connectivity index (χ2v) is 5.17. The van der Waals surface area contributed by atoms with Crippen LogP contribution in [0.1, 0.15) is 23.5 Å². The van der Waals surface area contributed by atoms with Crippen molar-refractivity contribution in [1.29, 1.82) is 0 Å². The Morgan fingerprint density at radius 2 is 2.47 bits per heavy atom. The summed E-state index contributed by atoms with van der Waals surface area (Å²) in [5.41, 5.74) is 3.03. The minimum atomic E-state index is 0.358. The van der Waals surface area contributed by atoms with Crippen LogP contribution in [-0.4, -0.2) is 11.5 Å². The number of hydrogen-bond acceptors (Lipinski definition) is 4. The van der Waals surface area contributed by atoms with E-state index in [1.807, 2.05) is 16.8 Å². The van der Waals surface area contributed by atoms with Gasteiger partial charge in [0.2, 0.25) is 0 Å². The summed E-state index contributed by atoms with van der Waals surface area (Å²) >= 11 is 3.47. The van der Waals surface area contributed by atoms with Crippen LogP contribution in [0.25, 0.3) is 0 Å². The Morgan fingerprint density at radius 3 is 3.13 bits per heavy atom. The average Bonchev–Trinajstić information content (AvgIpc) is 2.90. The predicted molar refractivity (Wildman–Crippen MR) is 66.6 cm³/mol. The van der Waals surface area contributed by atoms with Gasteiger partial charge in [-0.15, -0.1) is 22.7 Å². The number of aromatic nitrogens is 1. The van der Waals surface area contributed by atoms with E-state index < -0.39 is 0 Å². The lowest BCUT2D eigenvalue weighted by molar-refractivity contribution is 0.568. The van der Waals surface area contributed by atoms with Crippen LogP contribution < -0.4 is 5.32 Å². The monoisotopic (exact) mass is 238 g/mol. The number of nitrogens with zero attached hydrogens (tertiary/aromatic N) is 1. The van der Waals surface area contributed by atoms with Gasteiger partial charge in [-0.2, -0.15) is 0 Å². The molecule has 0 saturated carbocycles. The Morgan fingerprint density at radius 1 is 1.53 bits per heavy atom. The lowest BCUT2D eigenvalue weighted by atomic mass is 10.2. The van der Waals surface area contributed by atoms with Gasteiger partial charge in [0, 0.05) is 22.8 Å². The molecule has 0 amide bonds. The van der Waals surface area contributed by atoms with Crippen molar-refractivity contribution in [3.05, 3.63) is 39.0 Å². The fraction of sp³-hybridized carbons (Fsp3) is 0.364. The van der Waals surface area contributed by atoms with E-state index in [4.69, 9.17) is 0 Å². The van der Waals surface area contributed by atoms with Crippen molar-refractivity contribution in [2.45, 2.75) is 19.4 Å². The van der Waals surface area contributed by atoms with E-state index in [9.17, 15) is 0 Å². The first-order chi connectivity index (χ1) is 7.36. The lowest BCUT2D eigenvalue weighted by Gasteiger charge is -2.10. The minimum Gasteiger partial charge on any atom is -0.308 e. The molecule has 80 valence electrons. The summed E-state index contributed by atoms with van der Waals surface area (Å²) < 4.78 is 0. The summed E-state index contributed by atoms with van der Waals surface area (Å²) in [5, 5.41) is 7.70. The molecule has 0 bridgehead atoms. The maximum absolute atomic E-state index is 4.29. The zero-order chi connectivity index (χ0) is 10.5. The first-order valence-electron chi connectivity index (χ1n) is 5.00. The highest BCUT2D eigenvalue weighted by Gasteiger charge is 2.05.